The van der Waals surface area contributed by atoms with E-state index in [-0.39, 0.29) is 11.6 Å². The maximum absolute atomic E-state index is 4.81. The van der Waals surface area contributed by atoms with E-state index in [0.717, 1.165) is 13.1 Å². The number of thiocarbonyl (C=S) groups is 1. The van der Waals surface area contributed by atoms with Crippen LogP contribution < -0.4 is 6.15 Å². The van der Waals surface area contributed by atoms with Crippen LogP contribution in [0.25, 0.3) is 0 Å². The highest BCUT2D eigenvalue weighted by Crippen LogP contribution is 1.93. The Hall–Kier alpha value is 0.160. The Labute approximate surface area is 73.1 Å². The van der Waals surface area contributed by atoms with Gasteiger partial charge in [-0.1, -0.05) is 12.2 Å². The summed E-state index contributed by atoms with van der Waals surface area (Å²) < 4.78 is 0.690. The van der Waals surface area contributed by atoms with Crippen LogP contribution in [0.2, 0.25) is 0 Å². The van der Waals surface area contributed by atoms with Crippen molar-refractivity contribution in [2.45, 2.75) is 13.8 Å². The molecule has 0 fully saturated rings. The van der Waals surface area contributed by atoms with Crippen molar-refractivity contribution < 1.29 is 5.48 Å². The van der Waals surface area contributed by atoms with Crippen molar-refractivity contribution in [3.05, 3.63) is 0 Å². The third-order valence-electron chi connectivity index (χ3n) is 1.03. The maximum Gasteiger partial charge on any atom is 0.133 e. The molecule has 0 aliphatic heterocycles. The molecule has 0 radical (unpaired) electrons. The largest absolute Gasteiger partial charge is 0.412 e. The summed E-state index contributed by atoms with van der Waals surface area (Å²) in [6.45, 7) is 6.04. The molecule has 0 aromatic carbocycles. The summed E-state index contributed by atoms with van der Waals surface area (Å²) >= 11 is 8.82. The standard InChI is InChI=1S/C5H11NS2.H3N.H2O/c1-3-6(4-2)5(7)8;;/h3-4H2,1-2H3,(H,7,8);1H3;1H2. The molecule has 0 heterocycles. The average Bonchev–Trinajstić information content (AvgIpc) is 1.69. The summed E-state index contributed by atoms with van der Waals surface area (Å²) in [6.07, 6.45) is 0. The second-order valence-corrected chi connectivity index (χ2v) is 2.57. The Kier molecular flexibility index (Phi) is 15.2. The SMILES string of the molecule is CCN(CC)C(=S)S.N.O. The molecule has 0 saturated carbocycles. The van der Waals surface area contributed by atoms with E-state index in [0.29, 0.717) is 4.32 Å². The van der Waals surface area contributed by atoms with E-state index in [4.69, 9.17) is 12.2 Å². The minimum Gasteiger partial charge on any atom is -0.412 e. The highest BCUT2D eigenvalue weighted by Gasteiger charge is 1.96. The summed E-state index contributed by atoms with van der Waals surface area (Å²) in [6, 6.07) is 0. The topological polar surface area (TPSA) is 69.7 Å². The zero-order valence-electron chi connectivity index (χ0n) is 6.42. The first-order valence-corrected chi connectivity index (χ1v) is 3.55. The molecule has 0 aliphatic rings. The van der Waals surface area contributed by atoms with E-state index in [2.05, 4.69) is 26.5 Å². The van der Waals surface area contributed by atoms with Gasteiger partial charge in [0.05, 0.1) is 0 Å². The lowest BCUT2D eigenvalue weighted by atomic mass is 10.6. The number of hydrogen-bond acceptors (Lipinski definition) is 2. The number of hydrogen-bond donors (Lipinski definition) is 2. The molecule has 0 aromatic rings. The smallest absolute Gasteiger partial charge is 0.133 e. The van der Waals surface area contributed by atoms with Crippen molar-refractivity contribution in [3.8, 4) is 0 Å². The lowest BCUT2D eigenvalue weighted by Crippen LogP contribution is -2.24. The number of rotatable bonds is 2. The maximum atomic E-state index is 4.81. The van der Waals surface area contributed by atoms with Gasteiger partial charge in [0.2, 0.25) is 0 Å². The van der Waals surface area contributed by atoms with E-state index < -0.39 is 0 Å². The van der Waals surface area contributed by atoms with Crippen molar-refractivity contribution in [1.29, 1.82) is 0 Å². The minimum absolute atomic E-state index is 0. The van der Waals surface area contributed by atoms with Gasteiger partial charge in [0.1, 0.15) is 4.32 Å². The second kappa shape index (κ2) is 9.16. The third-order valence-corrected chi connectivity index (χ3v) is 1.58. The molecule has 0 rings (SSSR count). The van der Waals surface area contributed by atoms with Crippen LogP contribution in [-0.4, -0.2) is 27.8 Å². The van der Waals surface area contributed by atoms with Gasteiger partial charge >= 0.3 is 0 Å². The van der Waals surface area contributed by atoms with Crippen molar-refractivity contribution in [2.24, 2.45) is 0 Å². The molecule has 10 heavy (non-hydrogen) atoms. The van der Waals surface area contributed by atoms with Crippen LogP contribution in [0.3, 0.4) is 0 Å². The molecule has 0 saturated heterocycles. The van der Waals surface area contributed by atoms with Crippen molar-refractivity contribution in [3.63, 3.8) is 0 Å². The Morgan fingerprint density at radius 1 is 1.40 bits per heavy atom. The first kappa shape index (κ1) is 16.6. The highest BCUT2D eigenvalue weighted by molar-refractivity contribution is 8.10. The molecule has 5 N–H and O–H groups in total. The van der Waals surface area contributed by atoms with Gasteiger partial charge in [-0.15, -0.1) is 12.6 Å². The molecule has 64 valence electrons. The molecule has 3 nitrogen and oxygen atoms in total. The molecule has 0 aliphatic carbocycles. The lowest BCUT2D eigenvalue weighted by Gasteiger charge is -2.16. The molecular weight excluding hydrogens is 168 g/mol. The monoisotopic (exact) mass is 184 g/mol. The normalized spacial score (nSPS) is 7.10. The van der Waals surface area contributed by atoms with Crippen molar-refractivity contribution in [1.82, 2.24) is 11.1 Å². The van der Waals surface area contributed by atoms with Gasteiger partial charge < -0.3 is 16.5 Å². The zero-order valence-corrected chi connectivity index (χ0v) is 8.13. The Morgan fingerprint density at radius 2 is 1.70 bits per heavy atom. The molecule has 5 heteroatoms. The summed E-state index contributed by atoms with van der Waals surface area (Å²) in [5.74, 6) is 0. The molecule has 0 aromatic heterocycles. The van der Waals surface area contributed by atoms with Gasteiger partial charge in [0.15, 0.2) is 0 Å². The molecule has 0 atom stereocenters. The van der Waals surface area contributed by atoms with Crippen LogP contribution >= 0.6 is 24.8 Å². The highest BCUT2D eigenvalue weighted by atomic mass is 32.1. The van der Waals surface area contributed by atoms with Crippen LogP contribution in [0.15, 0.2) is 0 Å². The first-order chi connectivity index (χ1) is 3.72. The van der Waals surface area contributed by atoms with Crippen LogP contribution in [0.5, 0.6) is 0 Å². The van der Waals surface area contributed by atoms with Gasteiger partial charge in [-0.05, 0) is 13.8 Å². The van der Waals surface area contributed by atoms with Gasteiger partial charge in [-0.25, -0.2) is 0 Å². The van der Waals surface area contributed by atoms with E-state index in [9.17, 15) is 0 Å². The first-order valence-electron chi connectivity index (χ1n) is 2.70. The zero-order chi connectivity index (χ0) is 6.57. The molecule has 0 unspecified atom stereocenters. The van der Waals surface area contributed by atoms with Crippen LogP contribution in [0.4, 0.5) is 0 Å². The lowest BCUT2D eigenvalue weighted by molar-refractivity contribution is 0.482. The van der Waals surface area contributed by atoms with Gasteiger partial charge in [0.25, 0.3) is 0 Å². The van der Waals surface area contributed by atoms with Gasteiger partial charge in [-0.2, -0.15) is 0 Å². The van der Waals surface area contributed by atoms with E-state index in [1.54, 1.807) is 0 Å². The summed E-state index contributed by atoms with van der Waals surface area (Å²) in [5.41, 5.74) is 0. The molecule has 0 spiro atoms. The van der Waals surface area contributed by atoms with Crippen LogP contribution in [0.1, 0.15) is 13.8 Å². The third kappa shape index (κ3) is 6.28. The van der Waals surface area contributed by atoms with Crippen molar-refractivity contribution in [2.75, 3.05) is 13.1 Å². The fourth-order valence-corrected chi connectivity index (χ4v) is 1.04. The van der Waals surface area contributed by atoms with E-state index in [1.807, 2.05) is 4.90 Å². The quantitative estimate of drug-likeness (QED) is 0.494. The summed E-state index contributed by atoms with van der Waals surface area (Å²) in [7, 11) is 0. The van der Waals surface area contributed by atoms with E-state index in [1.165, 1.54) is 0 Å². The summed E-state index contributed by atoms with van der Waals surface area (Å²) in [4.78, 5) is 2.01. The Bertz CT molecular complexity index is 85.7. The van der Waals surface area contributed by atoms with Gasteiger partial charge in [0, 0.05) is 13.1 Å². The summed E-state index contributed by atoms with van der Waals surface area (Å²) in [5, 5.41) is 0. The van der Waals surface area contributed by atoms with E-state index >= 15 is 0 Å². The fourth-order valence-electron chi connectivity index (χ4n) is 0.494. The fraction of sp³-hybridized carbons (Fsp3) is 0.800. The Morgan fingerprint density at radius 3 is 1.70 bits per heavy atom. The number of thiol groups is 1. The second-order valence-electron chi connectivity index (χ2n) is 1.45. The van der Waals surface area contributed by atoms with Crippen LogP contribution in [0, 0.1) is 0 Å². The predicted octanol–water partition coefficient (Wildman–Crippen LogP) is 0.880. The van der Waals surface area contributed by atoms with Crippen LogP contribution in [-0.2, 0) is 0 Å². The molecule has 0 amide bonds. The predicted molar refractivity (Wildman–Crippen MR) is 53.1 cm³/mol. The average molecular weight is 184 g/mol. The minimum atomic E-state index is 0. The number of nitrogens with zero attached hydrogens (tertiary/aromatic N) is 1. The molecular formula is C5H16N2OS2. The Balaban J connectivity index is -0.000000245. The molecule has 0 bridgehead atoms. The van der Waals surface area contributed by atoms with Gasteiger partial charge in [-0.3, -0.25) is 0 Å². The van der Waals surface area contributed by atoms with Crippen molar-refractivity contribution >= 4 is 29.2 Å².